The Morgan fingerprint density at radius 2 is 2.25 bits per heavy atom. The maximum Gasteiger partial charge on any atom is 0.123 e. The predicted molar refractivity (Wildman–Crippen MR) is 79.1 cm³/mol. The first kappa shape index (κ1) is 15.3. The molecule has 4 heteroatoms. The molecule has 0 saturated carbocycles. The minimum absolute atomic E-state index is 0.173. The Morgan fingerprint density at radius 3 is 2.95 bits per heavy atom. The zero-order valence-electron chi connectivity index (χ0n) is 12.4. The molecule has 1 saturated heterocycles. The van der Waals surface area contributed by atoms with Crippen LogP contribution in [-0.2, 0) is 9.47 Å². The Labute approximate surface area is 121 Å². The van der Waals surface area contributed by atoms with Gasteiger partial charge in [0.2, 0.25) is 0 Å². The topological polar surface area (TPSA) is 53.7 Å². The average molecular weight is 279 g/mol. The molecule has 1 aromatic carbocycles. The standard InChI is InChI=1S/C16H25NO3/c1-12-6-7-16(18-2)14(9-12)15(17)11-19-10-13-5-3-4-8-20-13/h6-7,9,13,15H,3-5,8,10-11,17H2,1-2H3. The lowest BCUT2D eigenvalue weighted by molar-refractivity contribution is -0.0428. The van der Waals surface area contributed by atoms with Crippen LogP contribution in [-0.4, -0.2) is 33.0 Å². The molecule has 2 atom stereocenters. The lowest BCUT2D eigenvalue weighted by Gasteiger charge is -2.23. The van der Waals surface area contributed by atoms with E-state index in [2.05, 4.69) is 6.07 Å². The zero-order chi connectivity index (χ0) is 14.4. The molecule has 0 amide bonds. The van der Waals surface area contributed by atoms with Gasteiger partial charge in [-0.25, -0.2) is 0 Å². The highest BCUT2D eigenvalue weighted by molar-refractivity contribution is 5.39. The summed E-state index contributed by atoms with van der Waals surface area (Å²) in [6.45, 7) is 4.01. The van der Waals surface area contributed by atoms with Gasteiger partial charge >= 0.3 is 0 Å². The zero-order valence-corrected chi connectivity index (χ0v) is 12.4. The fraction of sp³-hybridized carbons (Fsp3) is 0.625. The lowest BCUT2D eigenvalue weighted by Crippen LogP contribution is -2.27. The molecule has 112 valence electrons. The van der Waals surface area contributed by atoms with Crippen LogP contribution in [0.5, 0.6) is 5.75 Å². The molecule has 0 aliphatic carbocycles. The van der Waals surface area contributed by atoms with Crippen molar-refractivity contribution in [3.05, 3.63) is 29.3 Å². The van der Waals surface area contributed by atoms with E-state index in [4.69, 9.17) is 19.9 Å². The Balaban J connectivity index is 1.84. The second kappa shape index (κ2) is 7.62. The number of aryl methyl sites for hydroxylation is 1. The number of nitrogens with two attached hydrogens (primary N) is 1. The van der Waals surface area contributed by atoms with Crippen molar-refractivity contribution in [1.29, 1.82) is 0 Å². The van der Waals surface area contributed by atoms with Crippen LogP contribution >= 0.6 is 0 Å². The van der Waals surface area contributed by atoms with Crippen LogP contribution in [0, 0.1) is 6.92 Å². The predicted octanol–water partition coefficient (Wildman–Crippen LogP) is 2.59. The first-order chi connectivity index (χ1) is 9.70. The van der Waals surface area contributed by atoms with E-state index in [-0.39, 0.29) is 12.1 Å². The minimum Gasteiger partial charge on any atom is -0.496 e. The van der Waals surface area contributed by atoms with E-state index in [0.29, 0.717) is 13.2 Å². The number of methoxy groups -OCH3 is 1. The van der Waals surface area contributed by atoms with E-state index in [0.717, 1.165) is 30.8 Å². The van der Waals surface area contributed by atoms with E-state index in [1.165, 1.54) is 12.0 Å². The number of rotatable bonds is 6. The molecule has 2 N–H and O–H groups in total. The highest BCUT2D eigenvalue weighted by Crippen LogP contribution is 2.25. The van der Waals surface area contributed by atoms with Crippen LogP contribution in [0.15, 0.2) is 18.2 Å². The largest absolute Gasteiger partial charge is 0.496 e. The van der Waals surface area contributed by atoms with Crippen molar-refractivity contribution in [1.82, 2.24) is 0 Å². The molecule has 1 heterocycles. The monoisotopic (exact) mass is 279 g/mol. The van der Waals surface area contributed by atoms with Gasteiger partial charge in [0.05, 0.1) is 32.5 Å². The molecule has 20 heavy (non-hydrogen) atoms. The summed E-state index contributed by atoms with van der Waals surface area (Å²) in [7, 11) is 1.66. The van der Waals surface area contributed by atoms with Gasteiger partial charge in [0.1, 0.15) is 5.75 Å². The highest BCUT2D eigenvalue weighted by atomic mass is 16.5. The fourth-order valence-electron chi connectivity index (χ4n) is 2.50. The molecule has 0 spiro atoms. The molecule has 2 unspecified atom stereocenters. The molecule has 0 radical (unpaired) electrons. The Morgan fingerprint density at radius 1 is 1.40 bits per heavy atom. The van der Waals surface area contributed by atoms with Crippen LogP contribution < -0.4 is 10.5 Å². The summed E-state index contributed by atoms with van der Waals surface area (Å²) < 4.78 is 16.7. The first-order valence-corrected chi connectivity index (χ1v) is 7.30. The summed E-state index contributed by atoms with van der Waals surface area (Å²) >= 11 is 0. The van der Waals surface area contributed by atoms with E-state index >= 15 is 0 Å². The van der Waals surface area contributed by atoms with Gasteiger partial charge in [-0.1, -0.05) is 17.7 Å². The molecule has 1 fully saturated rings. The number of ether oxygens (including phenoxy) is 3. The van der Waals surface area contributed by atoms with E-state index in [9.17, 15) is 0 Å². The quantitative estimate of drug-likeness (QED) is 0.869. The third-order valence-corrected chi connectivity index (χ3v) is 3.66. The van der Waals surface area contributed by atoms with E-state index in [1.54, 1.807) is 7.11 Å². The molecule has 1 aliphatic rings. The van der Waals surface area contributed by atoms with Crippen molar-refractivity contribution < 1.29 is 14.2 Å². The van der Waals surface area contributed by atoms with Gasteiger partial charge in [0, 0.05) is 12.2 Å². The van der Waals surface area contributed by atoms with Gasteiger partial charge in [0.25, 0.3) is 0 Å². The molecule has 0 bridgehead atoms. The van der Waals surface area contributed by atoms with Gasteiger partial charge < -0.3 is 19.9 Å². The van der Waals surface area contributed by atoms with Gasteiger partial charge in [-0.05, 0) is 32.3 Å². The van der Waals surface area contributed by atoms with Gasteiger partial charge in [-0.3, -0.25) is 0 Å². The Kier molecular flexibility index (Phi) is 5.83. The number of benzene rings is 1. The smallest absolute Gasteiger partial charge is 0.123 e. The van der Waals surface area contributed by atoms with Crippen LogP contribution in [0.3, 0.4) is 0 Å². The summed E-state index contributed by atoms with van der Waals surface area (Å²) in [5.41, 5.74) is 8.38. The maximum absolute atomic E-state index is 6.21. The second-order valence-corrected chi connectivity index (χ2v) is 5.38. The molecule has 2 rings (SSSR count). The molecule has 4 nitrogen and oxygen atoms in total. The van der Waals surface area contributed by atoms with Crippen molar-refractivity contribution in [2.45, 2.75) is 38.3 Å². The molecule has 0 aromatic heterocycles. The highest BCUT2D eigenvalue weighted by Gasteiger charge is 2.16. The molecule has 1 aliphatic heterocycles. The van der Waals surface area contributed by atoms with Crippen molar-refractivity contribution >= 4 is 0 Å². The number of hydrogen-bond acceptors (Lipinski definition) is 4. The summed E-state index contributed by atoms with van der Waals surface area (Å²) in [4.78, 5) is 0. The van der Waals surface area contributed by atoms with Crippen molar-refractivity contribution in [3.8, 4) is 5.75 Å². The molecular weight excluding hydrogens is 254 g/mol. The van der Waals surface area contributed by atoms with Crippen molar-refractivity contribution in [2.24, 2.45) is 5.73 Å². The average Bonchev–Trinajstić information content (AvgIpc) is 2.48. The summed E-state index contributed by atoms with van der Waals surface area (Å²) in [5, 5.41) is 0. The summed E-state index contributed by atoms with van der Waals surface area (Å²) in [6, 6.07) is 5.86. The van der Waals surface area contributed by atoms with Gasteiger partial charge in [-0.15, -0.1) is 0 Å². The maximum atomic E-state index is 6.21. The van der Waals surface area contributed by atoms with Gasteiger partial charge in [0.15, 0.2) is 0 Å². The second-order valence-electron chi connectivity index (χ2n) is 5.38. The van der Waals surface area contributed by atoms with Crippen molar-refractivity contribution in [3.63, 3.8) is 0 Å². The minimum atomic E-state index is -0.173. The summed E-state index contributed by atoms with van der Waals surface area (Å²) in [6.07, 6.45) is 3.71. The van der Waals surface area contributed by atoms with Crippen LogP contribution in [0.2, 0.25) is 0 Å². The lowest BCUT2D eigenvalue weighted by atomic mass is 10.0. The van der Waals surface area contributed by atoms with Crippen LogP contribution in [0.25, 0.3) is 0 Å². The van der Waals surface area contributed by atoms with Crippen molar-refractivity contribution in [2.75, 3.05) is 26.9 Å². The molecule has 1 aromatic rings. The molecular formula is C16H25NO3. The fourth-order valence-corrected chi connectivity index (χ4v) is 2.50. The van der Waals surface area contributed by atoms with Crippen LogP contribution in [0.4, 0.5) is 0 Å². The third-order valence-electron chi connectivity index (χ3n) is 3.66. The number of hydrogen-bond donors (Lipinski definition) is 1. The normalized spacial score (nSPS) is 20.6. The SMILES string of the molecule is COc1ccc(C)cc1C(N)COCC1CCCCO1. The summed E-state index contributed by atoms with van der Waals surface area (Å²) in [5.74, 6) is 0.820. The Hall–Kier alpha value is -1.10. The van der Waals surface area contributed by atoms with E-state index in [1.807, 2.05) is 19.1 Å². The van der Waals surface area contributed by atoms with E-state index < -0.39 is 0 Å². The van der Waals surface area contributed by atoms with Gasteiger partial charge in [-0.2, -0.15) is 0 Å². The third kappa shape index (κ3) is 4.20. The Bertz CT molecular complexity index is 416. The van der Waals surface area contributed by atoms with Crippen LogP contribution in [0.1, 0.15) is 36.4 Å². The first-order valence-electron chi connectivity index (χ1n) is 7.30.